The van der Waals surface area contributed by atoms with Crippen molar-refractivity contribution in [2.24, 2.45) is 7.05 Å². The second kappa shape index (κ2) is 8.39. The smallest absolute Gasteiger partial charge is 0.270 e. The molecule has 1 amide bonds. The average molecular weight is 428 g/mol. The summed E-state index contributed by atoms with van der Waals surface area (Å²) >= 11 is 0. The molecular formula is C24H24N6O2. The fourth-order valence-corrected chi connectivity index (χ4v) is 3.80. The largest absolute Gasteiger partial charge is 0.391 e. The molecule has 8 nitrogen and oxygen atoms in total. The van der Waals surface area contributed by atoms with Crippen LogP contribution in [0.2, 0.25) is 0 Å². The molecule has 1 aliphatic carbocycles. The van der Waals surface area contributed by atoms with Gasteiger partial charge in [0.1, 0.15) is 5.69 Å². The van der Waals surface area contributed by atoms with Crippen molar-refractivity contribution in [3.63, 3.8) is 0 Å². The monoisotopic (exact) mass is 428 g/mol. The van der Waals surface area contributed by atoms with Crippen molar-refractivity contribution in [1.29, 1.82) is 0 Å². The van der Waals surface area contributed by atoms with Gasteiger partial charge in [0.15, 0.2) is 5.82 Å². The number of pyridine rings is 1. The van der Waals surface area contributed by atoms with Crippen molar-refractivity contribution in [2.75, 3.05) is 0 Å². The molecule has 0 spiro atoms. The normalized spacial score (nSPS) is 17.7. The number of nitrogens with zero attached hydrogens (tertiary/aromatic N) is 5. The first kappa shape index (κ1) is 20.1. The minimum Gasteiger partial charge on any atom is -0.391 e. The van der Waals surface area contributed by atoms with Crippen molar-refractivity contribution in [1.82, 2.24) is 29.9 Å². The van der Waals surface area contributed by atoms with Gasteiger partial charge in [-0.3, -0.25) is 9.48 Å². The minimum absolute atomic E-state index is 0.208. The molecular weight excluding hydrogens is 404 g/mol. The number of carbonyl (C=O) groups is 1. The molecule has 3 aromatic heterocycles. The maximum absolute atomic E-state index is 12.8. The molecule has 4 aromatic rings. The van der Waals surface area contributed by atoms with Gasteiger partial charge in [-0.25, -0.2) is 9.67 Å². The third kappa shape index (κ3) is 4.17. The molecule has 2 N–H and O–H groups in total. The first-order valence-electron chi connectivity index (χ1n) is 10.6. The Morgan fingerprint density at radius 1 is 1.12 bits per heavy atom. The maximum atomic E-state index is 12.8. The van der Waals surface area contributed by atoms with Crippen LogP contribution >= 0.6 is 0 Å². The Morgan fingerprint density at radius 3 is 2.59 bits per heavy atom. The van der Waals surface area contributed by atoms with Gasteiger partial charge < -0.3 is 10.4 Å². The number of aryl methyl sites for hydroxylation is 1. The first-order chi connectivity index (χ1) is 15.5. The van der Waals surface area contributed by atoms with E-state index < -0.39 is 6.10 Å². The Balaban J connectivity index is 1.41. The Kier molecular flexibility index (Phi) is 5.28. The Hall–Kier alpha value is -3.78. The molecule has 0 unspecified atom stereocenters. The van der Waals surface area contributed by atoms with Crippen LogP contribution in [0.1, 0.15) is 34.5 Å². The summed E-state index contributed by atoms with van der Waals surface area (Å²) in [5.41, 5.74) is 4.37. The predicted octanol–water partition coefficient (Wildman–Crippen LogP) is 2.51. The Morgan fingerprint density at radius 2 is 1.97 bits per heavy atom. The number of benzene rings is 1. The predicted molar refractivity (Wildman–Crippen MR) is 119 cm³/mol. The molecule has 1 aromatic carbocycles. The van der Waals surface area contributed by atoms with E-state index in [2.05, 4.69) is 44.8 Å². The second-order valence-electron chi connectivity index (χ2n) is 8.14. The molecule has 0 bridgehead atoms. The summed E-state index contributed by atoms with van der Waals surface area (Å²) in [5, 5.41) is 21.4. The maximum Gasteiger partial charge on any atom is 0.270 e. The van der Waals surface area contributed by atoms with E-state index in [4.69, 9.17) is 0 Å². The van der Waals surface area contributed by atoms with Gasteiger partial charge in [0.05, 0.1) is 17.8 Å². The number of rotatable bonds is 6. The lowest BCUT2D eigenvalue weighted by Crippen LogP contribution is -2.50. The fourth-order valence-electron chi connectivity index (χ4n) is 3.80. The van der Waals surface area contributed by atoms with E-state index in [1.165, 1.54) is 0 Å². The summed E-state index contributed by atoms with van der Waals surface area (Å²) in [7, 11) is 1.90. The molecule has 0 saturated heterocycles. The molecule has 162 valence electrons. The molecule has 1 aliphatic rings. The lowest BCUT2D eigenvalue weighted by Gasteiger charge is -2.32. The molecule has 1 fully saturated rings. The molecule has 32 heavy (non-hydrogen) atoms. The lowest BCUT2D eigenvalue weighted by atomic mass is 9.89. The van der Waals surface area contributed by atoms with Crippen LogP contribution in [0.25, 0.3) is 17.1 Å². The summed E-state index contributed by atoms with van der Waals surface area (Å²) in [4.78, 5) is 17.3. The quantitative estimate of drug-likeness (QED) is 0.492. The standard InChI is InChI=1S/C24H24N6O2/c1-29-12-9-19(28-29)18-5-3-16(4-6-18)13-17-14-21(24(32)27-20-7-8-22(20)31)26-23(15-17)30-11-2-10-25-30/h2-6,9-12,14-15,20,22,31H,7-8,13H2,1H3,(H,27,32)/t20-,22-/m0/s1. The van der Waals surface area contributed by atoms with E-state index in [0.29, 0.717) is 24.4 Å². The van der Waals surface area contributed by atoms with Gasteiger partial charge in [-0.15, -0.1) is 0 Å². The van der Waals surface area contributed by atoms with Crippen molar-refractivity contribution < 1.29 is 9.90 Å². The summed E-state index contributed by atoms with van der Waals surface area (Å²) in [6.45, 7) is 0. The number of aliphatic hydroxyl groups is 1. The fraction of sp³-hybridized carbons (Fsp3) is 0.250. The Labute approximate surface area is 185 Å². The van der Waals surface area contributed by atoms with Gasteiger partial charge in [0, 0.05) is 31.2 Å². The average Bonchev–Trinajstić information content (AvgIpc) is 3.49. The zero-order valence-corrected chi connectivity index (χ0v) is 17.7. The summed E-state index contributed by atoms with van der Waals surface area (Å²) in [6.07, 6.45) is 7.05. The minimum atomic E-state index is -0.481. The van der Waals surface area contributed by atoms with Crippen molar-refractivity contribution in [3.05, 3.63) is 83.9 Å². The molecule has 0 radical (unpaired) electrons. The van der Waals surface area contributed by atoms with Crippen LogP contribution in [0, 0.1) is 0 Å². The van der Waals surface area contributed by atoms with Gasteiger partial charge in [-0.2, -0.15) is 10.2 Å². The van der Waals surface area contributed by atoms with Crippen LogP contribution < -0.4 is 5.32 Å². The van der Waals surface area contributed by atoms with Crippen LogP contribution in [-0.2, 0) is 13.5 Å². The van der Waals surface area contributed by atoms with Gasteiger partial charge in [0.2, 0.25) is 0 Å². The highest BCUT2D eigenvalue weighted by molar-refractivity contribution is 5.93. The number of amides is 1. The number of hydrogen-bond donors (Lipinski definition) is 2. The first-order valence-corrected chi connectivity index (χ1v) is 10.6. The molecule has 5 rings (SSSR count). The molecule has 3 heterocycles. The highest BCUT2D eigenvalue weighted by Gasteiger charge is 2.30. The van der Waals surface area contributed by atoms with E-state index in [0.717, 1.165) is 28.8 Å². The SMILES string of the molecule is Cn1ccc(-c2ccc(Cc3cc(C(=O)N[C@H]4CC[C@@H]4O)nc(-n4cccn4)c3)cc2)n1. The number of nitrogens with one attached hydrogen (secondary N) is 1. The van der Waals surface area contributed by atoms with Crippen LogP contribution in [0.3, 0.4) is 0 Å². The van der Waals surface area contributed by atoms with Crippen molar-refractivity contribution in [2.45, 2.75) is 31.4 Å². The third-order valence-corrected chi connectivity index (χ3v) is 5.77. The van der Waals surface area contributed by atoms with Crippen LogP contribution in [0.15, 0.2) is 67.1 Å². The second-order valence-corrected chi connectivity index (χ2v) is 8.14. The van der Waals surface area contributed by atoms with Gasteiger partial charge in [-0.1, -0.05) is 24.3 Å². The van der Waals surface area contributed by atoms with E-state index in [9.17, 15) is 9.90 Å². The van der Waals surface area contributed by atoms with Crippen molar-refractivity contribution in [3.8, 4) is 17.1 Å². The zero-order chi connectivity index (χ0) is 22.1. The number of aromatic nitrogens is 5. The number of carbonyl (C=O) groups excluding carboxylic acids is 1. The van der Waals surface area contributed by atoms with Crippen LogP contribution in [0.4, 0.5) is 0 Å². The van der Waals surface area contributed by atoms with Crippen LogP contribution in [0.5, 0.6) is 0 Å². The van der Waals surface area contributed by atoms with Crippen molar-refractivity contribution >= 4 is 5.91 Å². The van der Waals surface area contributed by atoms with E-state index in [1.54, 1.807) is 27.8 Å². The molecule has 2 atom stereocenters. The van der Waals surface area contributed by atoms with E-state index in [1.807, 2.05) is 31.4 Å². The Bertz CT molecular complexity index is 1230. The lowest BCUT2D eigenvalue weighted by molar-refractivity contribution is 0.0445. The van der Waals surface area contributed by atoms with Gasteiger partial charge in [-0.05, 0) is 54.7 Å². The topological polar surface area (TPSA) is 97.9 Å². The van der Waals surface area contributed by atoms with Crippen LogP contribution in [-0.4, -0.2) is 47.7 Å². The molecule has 0 aliphatic heterocycles. The zero-order valence-electron chi connectivity index (χ0n) is 17.7. The highest BCUT2D eigenvalue weighted by Crippen LogP contribution is 2.22. The van der Waals surface area contributed by atoms with E-state index >= 15 is 0 Å². The van der Waals surface area contributed by atoms with Gasteiger partial charge in [0.25, 0.3) is 5.91 Å². The summed E-state index contributed by atoms with van der Waals surface area (Å²) in [5.74, 6) is 0.298. The summed E-state index contributed by atoms with van der Waals surface area (Å²) < 4.78 is 3.43. The molecule has 1 saturated carbocycles. The molecule has 8 heteroatoms. The number of hydrogen-bond acceptors (Lipinski definition) is 5. The van der Waals surface area contributed by atoms with Gasteiger partial charge >= 0.3 is 0 Å². The number of aliphatic hydroxyl groups excluding tert-OH is 1. The highest BCUT2D eigenvalue weighted by atomic mass is 16.3. The third-order valence-electron chi connectivity index (χ3n) is 5.77. The summed E-state index contributed by atoms with van der Waals surface area (Å²) in [6, 6.07) is 15.6. The van der Waals surface area contributed by atoms with E-state index in [-0.39, 0.29) is 11.9 Å².